The third kappa shape index (κ3) is 6.07. The molecule has 1 N–H and O–H groups in total. The average Bonchev–Trinajstić information content (AvgIpc) is 2.61. The summed E-state index contributed by atoms with van der Waals surface area (Å²) in [6.07, 6.45) is 1.04. The molecule has 0 spiro atoms. The number of allylic oxidation sites excluding steroid dienone is 2. The predicted molar refractivity (Wildman–Crippen MR) is 96.6 cm³/mol. The Bertz CT molecular complexity index is 650. The minimum Gasteiger partial charge on any atom is -0.508 e. The number of hydrogen-bond acceptors (Lipinski definition) is 7. The van der Waals surface area contributed by atoms with Crippen LogP contribution >= 0.6 is 0 Å². The first-order valence-electron chi connectivity index (χ1n) is 8.32. The standard InChI is InChI=1S/C19H26O7/c1-5-25-18(22)7-6-14(12-20)13(2)19-16(24-4)10-15(21)11-17(19)26-9-8-23-3/h10-12,21H,5-9H2,1-4H3/b14-13-. The van der Waals surface area contributed by atoms with Gasteiger partial charge in [0.1, 0.15) is 30.1 Å². The van der Waals surface area contributed by atoms with Crippen LogP contribution in [0, 0.1) is 0 Å². The van der Waals surface area contributed by atoms with Crippen molar-refractivity contribution in [2.75, 3.05) is 34.0 Å². The molecule has 0 aliphatic rings. The summed E-state index contributed by atoms with van der Waals surface area (Å²) in [7, 11) is 3.02. The van der Waals surface area contributed by atoms with Crippen molar-refractivity contribution in [2.45, 2.75) is 26.7 Å². The van der Waals surface area contributed by atoms with Crippen LogP contribution in [0.25, 0.3) is 5.57 Å². The summed E-state index contributed by atoms with van der Waals surface area (Å²) in [5.41, 5.74) is 1.58. The molecule has 0 aromatic heterocycles. The Morgan fingerprint density at radius 2 is 1.85 bits per heavy atom. The fraction of sp³-hybridized carbons (Fsp3) is 0.474. The molecule has 0 fully saturated rings. The minimum atomic E-state index is -0.367. The molecule has 7 nitrogen and oxygen atoms in total. The Kier molecular flexibility index (Phi) is 9.22. The van der Waals surface area contributed by atoms with Gasteiger partial charge in [-0.3, -0.25) is 9.59 Å². The Morgan fingerprint density at radius 1 is 1.15 bits per heavy atom. The first-order valence-corrected chi connectivity index (χ1v) is 8.32. The van der Waals surface area contributed by atoms with Gasteiger partial charge in [-0.25, -0.2) is 0 Å². The first kappa shape index (κ1) is 21.5. The average molecular weight is 366 g/mol. The molecule has 0 heterocycles. The van der Waals surface area contributed by atoms with Crippen molar-refractivity contribution in [1.29, 1.82) is 0 Å². The third-order valence-corrected chi connectivity index (χ3v) is 3.72. The first-order chi connectivity index (χ1) is 12.5. The summed E-state index contributed by atoms with van der Waals surface area (Å²) < 4.78 is 20.9. The second kappa shape index (κ2) is 11.1. The lowest BCUT2D eigenvalue weighted by Gasteiger charge is -2.17. The van der Waals surface area contributed by atoms with Gasteiger partial charge >= 0.3 is 5.97 Å². The zero-order valence-corrected chi connectivity index (χ0v) is 15.7. The molecule has 0 saturated heterocycles. The molecular formula is C19H26O7. The van der Waals surface area contributed by atoms with E-state index in [1.807, 2.05) is 0 Å². The lowest BCUT2D eigenvalue weighted by atomic mass is 9.97. The van der Waals surface area contributed by atoms with E-state index in [-0.39, 0.29) is 31.2 Å². The zero-order chi connectivity index (χ0) is 19.5. The van der Waals surface area contributed by atoms with Gasteiger partial charge in [0.15, 0.2) is 0 Å². The number of ether oxygens (including phenoxy) is 4. The highest BCUT2D eigenvalue weighted by Gasteiger charge is 2.18. The van der Waals surface area contributed by atoms with Crippen LogP contribution in [0.15, 0.2) is 17.7 Å². The van der Waals surface area contributed by atoms with Gasteiger partial charge in [-0.1, -0.05) is 0 Å². The maximum atomic E-state index is 11.6. The summed E-state index contributed by atoms with van der Waals surface area (Å²) in [6.45, 7) is 4.39. The van der Waals surface area contributed by atoms with Gasteiger partial charge in [0.25, 0.3) is 0 Å². The van der Waals surface area contributed by atoms with Crippen LogP contribution in [-0.2, 0) is 19.1 Å². The molecule has 0 amide bonds. The van der Waals surface area contributed by atoms with E-state index in [9.17, 15) is 14.7 Å². The van der Waals surface area contributed by atoms with Gasteiger partial charge in [-0.15, -0.1) is 0 Å². The van der Waals surface area contributed by atoms with E-state index in [1.165, 1.54) is 19.2 Å². The van der Waals surface area contributed by atoms with Crippen LogP contribution in [0.2, 0.25) is 0 Å². The number of aromatic hydroxyl groups is 1. The van der Waals surface area contributed by atoms with Gasteiger partial charge in [0, 0.05) is 25.7 Å². The Hall–Kier alpha value is -2.54. The summed E-state index contributed by atoms with van der Waals surface area (Å²) in [5.74, 6) is 0.344. The molecule has 0 atom stereocenters. The quantitative estimate of drug-likeness (QED) is 0.279. The van der Waals surface area contributed by atoms with Crippen molar-refractivity contribution in [2.24, 2.45) is 0 Å². The SMILES string of the molecule is CCOC(=O)CC/C(C=O)=C(\C)c1c(OC)cc(O)cc1OCCOC. The van der Waals surface area contributed by atoms with Crippen LogP contribution in [0.3, 0.4) is 0 Å². The summed E-state index contributed by atoms with van der Waals surface area (Å²) in [5, 5.41) is 9.88. The Balaban J connectivity index is 3.25. The lowest BCUT2D eigenvalue weighted by molar-refractivity contribution is -0.143. The smallest absolute Gasteiger partial charge is 0.306 e. The maximum absolute atomic E-state index is 11.6. The number of methoxy groups -OCH3 is 2. The molecule has 1 aromatic rings. The van der Waals surface area contributed by atoms with E-state index in [1.54, 1.807) is 21.0 Å². The molecule has 144 valence electrons. The maximum Gasteiger partial charge on any atom is 0.306 e. The summed E-state index contributed by atoms with van der Waals surface area (Å²) in [6, 6.07) is 2.89. The van der Waals surface area contributed by atoms with Crippen molar-refractivity contribution in [3.8, 4) is 17.2 Å². The number of aldehydes is 1. The van der Waals surface area contributed by atoms with Crippen molar-refractivity contribution >= 4 is 17.8 Å². The molecule has 0 saturated carbocycles. The summed E-state index contributed by atoms with van der Waals surface area (Å²) >= 11 is 0. The van der Waals surface area contributed by atoms with E-state index in [2.05, 4.69) is 0 Å². The van der Waals surface area contributed by atoms with Crippen LogP contribution in [0.1, 0.15) is 32.3 Å². The molecule has 7 heteroatoms. The highest BCUT2D eigenvalue weighted by atomic mass is 16.5. The second-order valence-electron chi connectivity index (χ2n) is 5.44. The Morgan fingerprint density at radius 3 is 2.42 bits per heavy atom. The molecule has 0 radical (unpaired) electrons. The van der Waals surface area contributed by atoms with Crippen molar-refractivity contribution < 1.29 is 33.6 Å². The summed E-state index contributed by atoms with van der Waals surface area (Å²) in [4.78, 5) is 23.1. The lowest BCUT2D eigenvalue weighted by Crippen LogP contribution is -2.08. The number of carbonyl (C=O) groups excluding carboxylic acids is 2. The van der Waals surface area contributed by atoms with E-state index in [0.29, 0.717) is 47.7 Å². The number of hydrogen-bond donors (Lipinski definition) is 1. The second-order valence-corrected chi connectivity index (χ2v) is 5.44. The Labute approximate surface area is 153 Å². The van der Waals surface area contributed by atoms with Crippen molar-refractivity contribution in [3.63, 3.8) is 0 Å². The van der Waals surface area contributed by atoms with Crippen molar-refractivity contribution in [3.05, 3.63) is 23.3 Å². The van der Waals surface area contributed by atoms with E-state index < -0.39 is 0 Å². The fourth-order valence-corrected chi connectivity index (χ4v) is 2.42. The van der Waals surface area contributed by atoms with Gasteiger partial charge in [0.2, 0.25) is 0 Å². The largest absolute Gasteiger partial charge is 0.508 e. The molecule has 0 aliphatic heterocycles. The topological polar surface area (TPSA) is 91.3 Å². The molecular weight excluding hydrogens is 340 g/mol. The van der Waals surface area contributed by atoms with Crippen molar-refractivity contribution in [1.82, 2.24) is 0 Å². The number of phenolic OH excluding ortho intramolecular Hbond substituents is 1. The van der Waals surface area contributed by atoms with Gasteiger partial charge < -0.3 is 24.1 Å². The highest BCUT2D eigenvalue weighted by Crippen LogP contribution is 2.40. The number of carbonyl (C=O) groups is 2. The van der Waals surface area contributed by atoms with Crippen LogP contribution < -0.4 is 9.47 Å². The monoisotopic (exact) mass is 366 g/mol. The van der Waals surface area contributed by atoms with Crippen LogP contribution in [-0.4, -0.2) is 51.4 Å². The molecule has 1 rings (SSSR count). The van der Waals surface area contributed by atoms with E-state index in [0.717, 1.165) is 0 Å². The third-order valence-electron chi connectivity index (χ3n) is 3.72. The molecule has 0 unspecified atom stereocenters. The molecule has 1 aromatic carbocycles. The number of benzene rings is 1. The van der Waals surface area contributed by atoms with Gasteiger partial charge in [0.05, 0.1) is 25.9 Å². The van der Waals surface area contributed by atoms with Gasteiger partial charge in [-0.2, -0.15) is 0 Å². The minimum absolute atomic E-state index is 0.0232. The molecule has 0 aliphatic carbocycles. The normalized spacial score (nSPS) is 11.5. The number of phenols is 1. The highest BCUT2D eigenvalue weighted by molar-refractivity contribution is 5.91. The molecule has 26 heavy (non-hydrogen) atoms. The molecule has 0 bridgehead atoms. The van der Waals surface area contributed by atoms with E-state index >= 15 is 0 Å². The fourth-order valence-electron chi connectivity index (χ4n) is 2.42. The zero-order valence-electron chi connectivity index (χ0n) is 15.7. The number of rotatable bonds is 11. The van der Waals surface area contributed by atoms with E-state index in [4.69, 9.17) is 18.9 Å². The predicted octanol–water partition coefficient (Wildman–Crippen LogP) is 2.74. The van der Waals surface area contributed by atoms with Crippen LogP contribution in [0.4, 0.5) is 0 Å². The number of esters is 1. The van der Waals surface area contributed by atoms with Gasteiger partial charge in [-0.05, 0) is 31.4 Å². The van der Waals surface area contributed by atoms with Crippen LogP contribution in [0.5, 0.6) is 17.2 Å².